The second-order valence-corrected chi connectivity index (χ2v) is 4.88. The normalized spacial score (nSPS) is 23.2. The quantitative estimate of drug-likeness (QED) is 0.840. The predicted molar refractivity (Wildman–Crippen MR) is 71.6 cm³/mol. The summed E-state index contributed by atoms with van der Waals surface area (Å²) in [6.07, 6.45) is 3.64. The van der Waals surface area contributed by atoms with Gasteiger partial charge in [-0.2, -0.15) is 0 Å². The van der Waals surface area contributed by atoms with E-state index in [1.165, 1.54) is 19.3 Å². The fraction of sp³-hybridized carbons (Fsp3) is 0.571. The fourth-order valence-electron chi connectivity index (χ4n) is 2.53. The van der Waals surface area contributed by atoms with Crippen molar-refractivity contribution >= 4 is 5.69 Å². The molecular weight excluding hydrogens is 228 g/mol. The van der Waals surface area contributed by atoms with Gasteiger partial charge in [0.2, 0.25) is 0 Å². The maximum absolute atomic E-state index is 5.60. The molecule has 0 radical (unpaired) electrons. The summed E-state index contributed by atoms with van der Waals surface area (Å²) in [7, 11) is 0. The van der Waals surface area contributed by atoms with Gasteiger partial charge in [0.25, 0.3) is 0 Å². The minimum Gasteiger partial charge on any atom is -0.486 e. The first-order valence-electron chi connectivity index (χ1n) is 6.79. The van der Waals surface area contributed by atoms with E-state index in [2.05, 4.69) is 16.7 Å². The maximum Gasteiger partial charge on any atom is 0.163 e. The van der Waals surface area contributed by atoms with E-state index in [1.807, 2.05) is 12.1 Å². The molecular formula is C14H20N2O2. The Morgan fingerprint density at radius 1 is 1.06 bits per heavy atom. The molecule has 18 heavy (non-hydrogen) atoms. The Kier molecular flexibility index (Phi) is 3.55. The van der Waals surface area contributed by atoms with E-state index in [9.17, 15) is 0 Å². The third-order valence-corrected chi connectivity index (χ3v) is 3.49. The molecule has 2 heterocycles. The molecule has 4 nitrogen and oxygen atoms in total. The van der Waals surface area contributed by atoms with Crippen molar-refractivity contribution in [2.75, 3.05) is 31.6 Å². The van der Waals surface area contributed by atoms with Crippen molar-refractivity contribution in [3.8, 4) is 11.5 Å². The van der Waals surface area contributed by atoms with Crippen molar-refractivity contribution in [1.29, 1.82) is 0 Å². The van der Waals surface area contributed by atoms with Crippen molar-refractivity contribution in [2.45, 2.75) is 25.3 Å². The molecule has 1 saturated heterocycles. The van der Waals surface area contributed by atoms with E-state index in [-0.39, 0.29) is 0 Å². The van der Waals surface area contributed by atoms with Crippen LogP contribution in [-0.4, -0.2) is 32.3 Å². The number of hydrogen-bond acceptors (Lipinski definition) is 4. The third kappa shape index (κ3) is 2.70. The molecule has 1 fully saturated rings. The average molecular weight is 248 g/mol. The Balaban J connectivity index is 1.68. The van der Waals surface area contributed by atoms with E-state index in [4.69, 9.17) is 9.47 Å². The van der Waals surface area contributed by atoms with Crippen LogP contribution in [0, 0.1) is 0 Å². The van der Waals surface area contributed by atoms with Crippen molar-refractivity contribution in [3.05, 3.63) is 18.2 Å². The van der Waals surface area contributed by atoms with Gasteiger partial charge in [-0.3, -0.25) is 0 Å². The molecule has 0 spiro atoms. The summed E-state index contributed by atoms with van der Waals surface area (Å²) in [6, 6.07) is 6.67. The second-order valence-electron chi connectivity index (χ2n) is 4.88. The van der Waals surface area contributed by atoms with E-state index in [1.54, 1.807) is 0 Å². The van der Waals surface area contributed by atoms with Crippen LogP contribution in [-0.2, 0) is 0 Å². The van der Waals surface area contributed by atoms with Crippen molar-refractivity contribution in [2.24, 2.45) is 0 Å². The van der Waals surface area contributed by atoms with Gasteiger partial charge in [-0.1, -0.05) is 0 Å². The van der Waals surface area contributed by atoms with Crippen molar-refractivity contribution in [3.63, 3.8) is 0 Å². The van der Waals surface area contributed by atoms with Crippen LogP contribution in [0.4, 0.5) is 5.69 Å². The molecule has 4 heteroatoms. The molecule has 2 aliphatic rings. The largest absolute Gasteiger partial charge is 0.486 e. The number of hydrogen-bond donors (Lipinski definition) is 2. The fourth-order valence-corrected chi connectivity index (χ4v) is 2.53. The lowest BCUT2D eigenvalue weighted by molar-refractivity contribution is 0.171. The van der Waals surface area contributed by atoms with Crippen LogP contribution in [0.1, 0.15) is 19.3 Å². The van der Waals surface area contributed by atoms with Crippen molar-refractivity contribution < 1.29 is 9.47 Å². The predicted octanol–water partition coefficient (Wildman–Crippen LogP) is 2.01. The zero-order valence-electron chi connectivity index (χ0n) is 10.6. The minimum absolute atomic E-state index is 0.558. The number of anilines is 1. The molecule has 0 amide bonds. The van der Waals surface area contributed by atoms with Gasteiger partial charge < -0.3 is 20.1 Å². The molecule has 0 saturated carbocycles. The SMILES string of the molecule is c1cc2c(cc1NC1CCCNCC1)OCCO2. The zero-order valence-corrected chi connectivity index (χ0v) is 10.6. The Morgan fingerprint density at radius 3 is 2.89 bits per heavy atom. The molecule has 0 bridgehead atoms. The van der Waals surface area contributed by atoms with E-state index in [0.29, 0.717) is 19.3 Å². The van der Waals surface area contributed by atoms with Gasteiger partial charge in [-0.05, 0) is 44.5 Å². The Labute approximate surface area is 108 Å². The molecule has 1 unspecified atom stereocenters. The zero-order chi connectivity index (χ0) is 12.2. The highest BCUT2D eigenvalue weighted by atomic mass is 16.6. The van der Waals surface area contributed by atoms with Gasteiger partial charge in [0.1, 0.15) is 13.2 Å². The minimum atomic E-state index is 0.558. The average Bonchev–Trinajstić information content (AvgIpc) is 2.67. The van der Waals surface area contributed by atoms with Crippen LogP contribution in [0.2, 0.25) is 0 Å². The highest BCUT2D eigenvalue weighted by molar-refractivity contribution is 5.55. The molecule has 0 aromatic heterocycles. The summed E-state index contributed by atoms with van der Waals surface area (Å²) in [5, 5.41) is 7.02. The smallest absolute Gasteiger partial charge is 0.163 e. The summed E-state index contributed by atoms with van der Waals surface area (Å²) < 4.78 is 11.1. The first-order chi connectivity index (χ1) is 8.92. The summed E-state index contributed by atoms with van der Waals surface area (Å²) >= 11 is 0. The molecule has 1 aromatic rings. The summed E-state index contributed by atoms with van der Waals surface area (Å²) in [6.45, 7) is 3.53. The molecule has 2 aliphatic heterocycles. The van der Waals surface area contributed by atoms with Crippen LogP contribution in [0.5, 0.6) is 11.5 Å². The van der Waals surface area contributed by atoms with Crippen LogP contribution in [0.25, 0.3) is 0 Å². The lowest BCUT2D eigenvalue weighted by atomic mass is 10.1. The molecule has 98 valence electrons. The Bertz CT molecular complexity index is 401. The van der Waals surface area contributed by atoms with Gasteiger partial charge in [-0.25, -0.2) is 0 Å². The van der Waals surface area contributed by atoms with Crippen LogP contribution in [0.15, 0.2) is 18.2 Å². The number of benzene rings is 1. The van der Waals surface area contributed by atoms with Crippen molar-refractivity contribution in [1.82, 2.24) is 5.32 Å². The number of ether oxygens (including phenoxy) is 2. The first kappa shape index (κ1) is 11.7. The topological polar surface area (TPSA) is 42.5 Å². The maximum atomic E-state index is 5.60. The van der Waals surface area contributed by atoms with Crippen LogP contribution < -0.4 is 20.1 Å². The van der Waals surface area contributed by atoms with Crippen LogP contribution >= 0.6 is 0 Å². The Hall–Kier alpha value is -1.42. The standard InChI is InChI=1S/C14H20N2O2/c1-2-11(5-7-15-6-1)16-12-3-4-13-14(10-12)18-9-8-17-13/h3-4,10-11,15-16H,1-2,5-9H2. The van der Waals surface area contributed by atoms with Gasteiger partial charge >= 0.3 is 0 Å². The van der Waals surface area contributed by atoms with Crippen LogP contribution in [0.3, 0.4) is 0 Å². The molecule has 3 rings (SSSR count). The highest BCUT2D eigenvalue weighted by Crippen LogP contribution is 2.33. The summed E-state index contributed by atoms with van der Waals surface area (Å²) in [4.78, 5) is 0. The lowest BCUT2D eigenvalue weighted by Crippen LogP contribution is -2.22. The molecule has 1 atom stereocenters. The van der Waals surface area contributed by atoms with Gasteiger partial charge in [0.15, 0.2) is 11.5 Å². The number of nitrogens with one attached hydrogen (secondary N) is 2. The molecule has 0 aliphatic carbocycles. The molecule has 1 aromatic carbocycles. The number of fused-ring (bicyclic) bond motifs is 1. The second kappa shape index (κ2) is 5.48. The van der Waals surface area contributed by atoms with Gasteiger partial charge in [0.05, 0.1) is 0 Å². The van der Waals surface area contributed by atoms with E-state index >= 15 is 0 Å². The van der Waals surface area contributed by atoms with E-state index < -0.39 is 0 Å². The summed E-state index contributed by atoms with van der Waals surface area (Å²) in [5.74, 6) is 1.72. The first-order valence-corrected chi connectivity index (χ1v) is 6.79. The van der Waals surface area contributed by atoms with E-state index in [0.717, 1.165) is 30.3 Å². The molecule has 2 N–H and O–H groups in total. The monoisotopic (exact) mass is 248 g/mol. The van der Waals surface area contributed by atoms with Gasteiger partial charge in [-0.15, -0.1) is 0 Å². The Morgan fingerprint density at radius 2 is 1.94 bits per heavy atom. The summed E-state index contributed by atoms with van der Waals surface area (Å²) in [5.41, 5.74) is 1.13. The third-order valence-electron chi connectivity index (χ3n) is 3.49. The lowest BCUT2D eigenvalue weighted by Gasteiger charge is -2.21. The number of rotatable bonds is 2. The highest BCUT2D eigenvalue weighted by Gasteiger charge is 2.15. The van der Waals surface area contributed by atoms with Gasteiger partial charge in [0, 0.05) is 17.8 Å².